The standard InChI is InChI=1S/C21H23Cl2N3OS.ClH/c1-4-25(5-2)9-10-26(20(27)15-7-6-8-16(22)12-15)21-24-19-14(3)11-17(23)13-18(19)28-21;/h6-8,11-13H,4-5,9-10H2,1-3H3;1H. The zero-order chi connectivity index (χ0) is 20.3. The fourth-order valence-electron chi connectivity index (χ4n) is 3.10. The van der Waals surface area contributed by atoms with Crippen molar-refractivity contribution in [2.75, 3.05) is 31.1 Å². The number of likely N-dealkylation sites (N-methyl/N-ethyl adjacent to an activating group) is 1. The number of fused-ring (bicyclic) bond motifs is 1. The lowest BCUT2D eigenvalue weighted by molar-refractivity contribution is 0.0984. The Morgan fingerprint density at radius 3 is 2.45 bits per heavy atom. The van der Waals surface area contributed by atoms with Crippen LogP contribution < -0.4 is 4.90 Å². The number of thiazole rings is 1. The Labute approximate surface area is 191 Å². The number of rotatable bonds is 7. The summed E-state index contributed by atoms with van der Waals surface area (Å²) >= 11 is 13.8. The molecule has 0 fully saturated rings. The van der Waals surface area contributed by atoms with Crippen LogP contribution in [0.5, 0.6) is 0 Å². The van der Waals surface area contributed by atoms with Crippen molar-refractivity contribution in [3.63, 3.8) is 0 Å². The normalized spacial score (nSPS) is 11.0. The number of aryl methyl sites for hydroxylation is 1. The van der Waals surface area contributed by atoms with E-state index in [4.69, 9.17) is 28.2 Å². The highest BCUT2D eigenvalue weighted by atomic mass is 35.5. The Balaban J connectivity index is 0.00000300. The Morgan fingerprint density at radius 1 is 1.07 bits per heavy atom. The maximum Gasteiger partial charge on any atom is 0.260 e. The van der Waals surface area contributed by atoms with Crippen LogP contribution in [0, 0.1) is 6.92 Å². The Bertz CT molecular complexity index is 988. The minimum absolute atomic E-state index is 0. The maximum absolute atomic E-state index is 13.3. The van der Waals surface area contributed by atoms with Crippen LogP contribution in [0.2, 0.25) is 10.0 Å². The topological polar surface area (TPSA) is 36.4 Å². The monoisotopic (exact) mass is 471 g/mol. The number of anilines is 1. The van der Waals surface area contributed by atoms with E-state index in [1.807, 2.05) is 19.1 Å². The number of halogens is 3. The molecule has 4 nitrogen and oxygen atoms in total. The molecule has 0 unspecified atom stereocenters. The molecule has 0 N–H and O–H groups in total. The summed E-state index contributed by atoms with van der Waals surface area (Å²) in [6.07, 6.45) is 0. The predicted molar refractivity (Wildman–Crippen MR) is 128 cm³/mol. The summed E-state index contributed by atoms with van der Waals surface area (Å²) in [5, 5.41) is 1.90. The maximum atomic E-state index is 13.3. The molecule has 0 aliphatic carbocycles. The van der Waals surface area contributed by atoms with Crippen LogP contribution >= 0.6 is 46.9 Å². The van der Waals surface area contributed by atoms with Gasteiger partial charge in [0.15, 0.2) is 5.13 Å². The molecule has 8 heteroatoms. The first-order valence-corrected chi connectivity index (χ1v) is 10.9. The van der Waals surface area contributed by atoms with Crippen molar-refractivity contribution < 1.29 is 4.79 Å². The Kier molecular flexibility index (Phi) is 8.73. The lowest BCUT2D eigenvalue weighted by atomic mass is 10.2. The second-order valence-electron chi connectivity index (χ2n) is 6.56. The number of benzene rings is 2. The van der Waals surface area contributed by atoms with Crippen LogP contribution in [-0.4, -0.2) is 42.0 Å². The second-order valence-corrected chi connectivity index (χ2v) is 8.44. The van der Waals surface area contributed by atoms with Crippen molar-refractivity contribution in [3.05, 3.63) is 57.6 Å². The largest absolute Gasteiger partial charge is 0.302 e. The Hall–Kier alpha value is -1.37. The second kappa shape index (κ2) is 10.6. The van der Waals surface area contributed by atoms with Crippen LogP contribution in [0.3, 0.4) is 0 Å². The van der Waals surface area contributed by atoms with E-state index in [9.17, 15) is 4.79 Å². The molecular formula is C21H24Cl3N3OS. The molecule has 0 aliphatic rings. The average Bonchev–Trinajstić information content (AvgIpc) is 3.09. The van der Waals surface area contributed by atoms with E-state index in [2.05, 4.69) is 18.7 Å². The van der Waals surface area contributed by atoms with Crippen molar-refractivity contribution in [3.8, 4) is 0 Å². The first kappa shape index (κ1) is 23.9. The van der Waals surface area contributed by atoms with Crippen molar-refractivity contribution in [1.82, 2.24) is 9.88 Å². The van der Waals surface area contributed by atoms with Gasteiger partial charge in [-0.25, -0.2) is 4.98 Å². The van der Waals surface area contributed by atoms with Crippen molar-refractivity contribution in [2.45, 2.75) is 20.8 Å². The average molecular weight is 473 g/mol. The summed E-state index contributed by atoms with van der Waals surface area (Å²) in [4.78, 5) is 22.1. The molecule has 3 aromatic rings. The fourth-order valence-corrected chi connectivity index (χ4v) is 4.74. The highest BCUT2D eigenvalue weighted by molar-refractivity contribution is 7.22. The summed E-state index contributed by atoms with van der Waals surface area (Å²) in [6, 6.07) is 10.8. The number of carbonyl (C=O) groups excluding carboxylic acids is 1. The molecule has 3 rings (SSSR count). The molecule has 29 heavy (non-hydrogen) atoms. The van der Waals surface area contributed by atoms with Gasteiger partial charge in [0.25, 0.3) is 5.91 Å². The van der Waals surface area contributed by atoms with Gasteiger partial charge in [-0.2, -0.15) is 0 Å². The minimum atomic E-state index is -0.0996. The molecule has 0 aliphatic heterocycles. The lowest BCUT2D eigenvalue weighted by Gasteiger charge is -2.24. The van der Waals surface area contributed by atoms with Gasteiger partial charge in [0.1, 0.15) is 0 Å². The van der Waals surface area contributed by atoms with Gasteiger partial charge in [0.2, 0.25) is 0 Å². The molecule has 0 saturated carbocycles. The number of hydrogen-bond acceptors (Lipinski definition) is 4. The molecule has 0 bridgehead atoms. The zero-order valence-corrected chi connectivity index (χ0v) is 19.8. The molecular weight excluding hydrogens is 449 g/mol. The van der Waals surface area contributed by atoms with Crippen LogP contribution in [0.25, 0.3) is 10.2 Å². The molecule has 1 heterocycles. The quantitative estimate of drug-likeness (QED) is 0.403. The van der Waals surface area contributed by atoms with Crippen molar-refractivity contribution in [1.29, 1.82) is 0 Å². The van der Waals surface area contributed by atoms with E-state index >= 15 is 0 Å². The van der Waals surface area contributed by atoms with Crippen molar-refractivity contribution >= 4 is 68.2 Å². The number of aromatic nitrogens is 1. The van der Waals surface area contributed by atoms with E-state index in [1.165, 1.54) is 11.3 Å². The molecule has 0 spiro atoms. The molecule has 2 aromatic carbocycles. The number of amides is 1. The van der Waals surface area contributed by atoms with Crippen molar-refractivity contribution in [2.24, 2.45) is 0 Å². The third kappa shape index (κ3) is 5.62. The predicted octanol–water partition coefficient (Wildman–Crippen LogP) is 6.32. The van der Waals surface area contributed by atoms with Gasteiger partial charge in [-0.15, -0.1) is 12.4 Å². The first-order valence-electron chi connectivity index (χ1n) is 9.29. The molecule has 156 valence electrons. The van der Waals surface area contributed by atoms with Crippen LogP contribution in [-0.2, 0) is 0 Å². The van der Waals surface area contributed by atoms with Gasteiger partial charge in [0.05, 0.1) is 10.2 Å². The molecule has 1 aromatic heterocycles. The highest BCUT2D eigenvalue weighted by Crippen LogP contribution is 2.33. The van der Waals surface area contributed by atoms with Gasteiger partial charge in [-0.1, -0.05) is 54.5 Å². The van der Waals surface area contributed by atoms with E-state index in [0.29, 0.717) is 27.3 Å². The third-order valence-electron chi connectivity index (χ3n) is 4.72. The van der Waals surface area contributed by atoms with E-state index < -0.39 is 0 Å². The van der Waals surface area contributed by atoms with Crippen LogP contribution in [0.15, 0.2) is 36.4 Å². The van der Waals surface area contributed by atoms with Gasteiger partial charge < -0.3 is 4.90 Å². The molecule has 0 atom stereocenters. The highest BCUT2D eigenvalue weighted by Gasteiger charge is 2.22. The van der Waals surface area contributed by atoms with Gasteiger partial charge in [-0.3, -0.25) is 9.69 Å². The molecule has 0 saturated heterocycles. The summed E-state index contributed by atoms with van der Waals surface area (Å²) in [5.74, 6) is -0.0996. The molecule has 1 amide bonds. The summed E-state index contributed by atoms with van der Waals surface area (Å²) in [6.45, 7) is 9.42. The first-order chi connectivity index (χ1) is 13.4. The van der Waals surface area contributed by atoms with Gasteiger partial charge in [-0.05, 0) is 55.9 Å². The van der Waals surface area contributed by atoms with E-state index in [1.54, 1.807) is 29.2 Å². The van der Waals surface area contributed by atoms with Gasteiger partial charge in [0, 0.05) is 28.7 Å². The number of nitrogens with zero attached hydrogens (tertiary/aromatic N) is 3. The van der Waals surface area contributed by atoms with Gasteiger partial charge >= 0.3 is 0 Å². The van der Waals surface area contributed by atoms with E-state index in [0.717, 1.165) is 35.4 Å². The van der Waals surface area contributed by atoms with Crippen LogP contribution in [0.1, 0.15) is 29.8 Å². The van der Waals surface area contributed by atoms with Crippen LogP contribution in [0.4, 0.5) is 5.13 Å². The zero-order valence-electron chi connectivity index (χ0n) is 16.6. The summed E-state index contributed by atoms with van der Waals surface area (Å²) in [5.41, 5.74) is 2.45. The van der Waals surface area contributed by atoms with E-state index in [-0.39, 0.29) is 18.3 Å². The smallest absolute Gasteiger partial charge is 0.260 e. The Morgan fingerprint density at radius 2 is 1.79 bits per heavy atom. The molecule has 0 radical (unpaired) electrons. The SMILES string of the molecule is CCN(CC)CCN(C(=O)c1cccc(Cl)c1)c1nc2c(C)cc(Cl)cc2s1.Cl. The third-order valence-corrected chi connectivity index (χ3v) is 6.20. The fraction of sp³-hybridized carbons (Fsp3) is 0.333. The number of carbonyl (C=O) groups is 1. The lowest BCUT2D eigenvalue weighted by Crippen LogP contribution is -2.38. The minimum Gasteiger partial charge on any atom is -0.302 e. The summed E-state index contributed by atoms with van der Waals surface area (Å²) in [7, 11) is 0. The number of hydrogen-bond donors (Lipinski definition) is 0. The summed E-state index contributed by atoms with van der Waals surface area (Å²) < 4.78 is 0.978.